The maximum atomic E-state index is 13.3. The van der Waals surface area contributed by atoms with Gasteiger partial charge in [0.15, 0.2) is 11.7 Å². The van der Waals surface area contributed by atoms with Crippen LogP contribution in [0.2, 0.25) is 0 Å². The van der Waals surface area contributed by atoms with Gasteiger partial charge in [-0.25, -0.2) is 4.98 Å². The Morgan fingerprint density at radius 2 is 1.97 bits per heavy atom. The normalized spacial score (nSPS) is 11.9. The average Bonchev–Trinajstić information content (AvgIpc) is 3.28. The van der Waals surface area contributed by atoms with E-state index in [1.165, 1.54) is 0 Å². The first kappa shape index (κ1) is 18.5. The van der Waals surface area contributed by atoms with E-state index in [0.29, 0.717) is 11.4 Å². The van der Waals surface area contributed by atoms with E-state index < -0.39 is 5.92 Å². The van der Waals surface area contributed by atoms with E-state index in [1.54, 1.807) is 7.11 Å². The lowest BCUT2D eigenvalue weighted by molar-refractivity contribution is 0.0976. The molecule has 0 aliphatic rings. The molecule has 0 aliphatic carbocycles. The van der Waals surface area contributed by atoms with Crippen LogP contribution in [0.15, 0.2) is 54.6 Å². The van der Waals surface area contributed by atoms with Crippen LogP contribution in [0, 0.1) is 25.2 Å². The molecule has 0 aliphatic heterocycles. The van der Waals surface area contributed by atoms with Crippen LogP contribution in [0.3, 0.4) is 0 Å². The van der Waals surface area contributed by atoms with Gasteiger partial charge in [-0.1, -0.05) is 18.2 Å². The number of aryl methyl sites for hydroxylation is 1. The zero-order chi connectivity index (χ0) is 20.5. The Hall–Kier alpha value is -3.85. The number of rotatable bonds is 5. The average molecular weight is 384 g/mol. The molecule has 0 spiro atoms. The van der Waals surface area contributed by atoms with Gasteiger partial charge in [-0.05, 0) is 44.2 Å². The lowest BCUT2D eigenvalue weighted by atomic mass is 9.98. The number of aromatic amines is 1. The Balaban J connectivity index is 1.76. The van der Waals surface area contributed by atoms with Crippen LogP contribution in [0.4, 0.5) is 0 Å². The number of H-pyrrole nitrogens is 1. The third kappa shape index (κ3) is 3.17. The fraction of sp³-hybridized carbons (Fsp3) is 0.174. The number of nitriles is 1. The Morgan fingerprint density at radius 1 is 1.17 bits per heavy atom. The number of nitrogens with one attached hydrogen (secondary N) is 1. The van der Waals surface area contributed by atoms with Gasteiger partial charge in [-0.2, -0.15) is 5.26 Å². The van der Waals surface area contributed by atoms with Gasteiger partial charge >= 0.3 is 0 Å². The van der Waals surface area contributed by atoms with Crippen LogP contribution >= 0.6 is 0 Å². The molecule has 1 N–H and O–H groups in total. The minimum atomic E-state index is -0.998. The van der Waals surface area contributed by atoms with Gasteiger partial charge < -0.3 is 14.3 Å². The van der Waals surface area contributed by atoms with Crippen LogP contribution in [0.1, 0.15) is 33.5 Å². The fourth-order valence-electron chi connectivity index (χ4n) is 3.67. The van der Waals surface area contributed by atoms with Gasteiger partial charge in [0.25, 0.3) is 0 Å². The number of methoxy groups -OCH3 is 1. The van der Waals surface area contributed by atoms with E-state index in [9.17, 15) is 10.1 Å². The molecule has 4 aromatic rings. The molecule has 6 nitrogen and oxygen atoms in total. The number of hydrogen-bond donors (Lipinski definition) is 1. The van der Waals surface area contributed by atoms with Crippen molar-refractivity contribution in [2.24, 2.45) is 0 Å². The summed E-state index contributed by atoms with van der Waals surface area (Å²) in [4.78, 5) is 20.8. The molecule has 29 heavy (non-hydrogen) atoms. The number of benzene rings is 2. The van der Waals surface area contributed by atoms with Crippen molar-refractivity contribution in [2.75, 3.05) is 7.11 Å². The number of hydrogen-bond acceptors (Lipinski definition) is 4. The highest BCUT2D eigenvalue weighted by Gasteiger charge is 2.28. The van der Waals surface area contributed by atoms with E-state index in [0.717, 1.165) is 33.9 Å². The van der Waals surface area contributed by atoms with Crippen molar-refractivity contribution in [3.8, 4) is 17.5 Å². The monoisotopic (exact) mass is 384 g/mol. The van der Waals surface area contributed by atoms with Crippen molar-refractivity contribution >= 4 is 16.8 Å². The molecule has 0 fully saturated rings. The third-order valence-corrected chi connectivity index (χ3v) is 5.08. The second-order valence-electron chi connectivity index (χ2n) is 6.89. The number of aromatic nitrogens is 3. The van der Waals surface area contributed by atoms with E-state index in [2.05, 4.69) is 16.0 Å². The molecule has 0 saturated carbocycles. The summed E-state index contributed by atoms with van der Waals surface area (Å²) in [6, 6.07) is 19.1. The number of ketones is 1. The number of Topliss-reactive ketones (excluding diaryl/α,β-unsaturated/α-hetero) is 1. The summed E-state index contributed by atoms with van der Waals surface area (Å²) in [6.07, 6.45) is 0. The minimum absolute atomic E-state index is 0.270. The molecule has 1 unspecified atom stereocenters. The summed E-state index contributed by atoms with van der Waals surface area (Å²) in [5.41, 5.74) is 4.63. The van der Waals surface area contributed by atoms with Gasteiger partial charge in [0, 0.05) is 28.7 Å². The number of carbonyl (C=O) groups excluding carboxylic acids is 1. The van der Waals surface area contributed by atoms with Crippen molar-refractivity contribution < 1.29 is 9.53 Å². The molecule has 0 radical (unpaired) electrons. The van der Waals surface area contributed by atoms with Crippen molar-refractivity contribution in [1.29, 1.82) is 5.26 Å². The molecule has 1 atom stereocenters. The smallest absolute Gasteiger partial charge is 0.189 e. The summed E-state index contributed by atoms with van der Waals surface area (Å²) < 4.78 is 7.31. The molecule has 2 heterocycles. The van der Waals surface area contributed by atoms with Gasteiger partial charge in [0.05, 0.1) is 24.2 Å². The number of para-hydroxylation sites is 2. The molecule has 0 bridgehead atoms. The highest BCUT2D eigenvalue weighted by molar-refractivity contribution is 6.04. The molecule has 0 amide bonds. The number of carbonyl (C=O) groups is 1. The SMILES string of the molecule is COc1cccc(-n2c(C)cc(C(=O)C(C#N)c3nc4ccccc4[nH]3)c2C)c1. The van der Waals surface area contributed by atoms with E-state index >= 15 is 0 Å². The summed E-state index contributed by atoms with van der Waals surface area (Å²) in [5, 5.41) is 9.73. The van der Waals surface area contributed by atoms with Crippen molar-refractivity contribution in [3.05, 3.63) is 77.4 Å². The molecule has 0 saturated heterocycles. The lowest BCUT2D eigenvalue weighted by Gasteiger charge is -2.11. The Bertz CT molecular complexity index is 1230. The molecule has 4 rings (SSSR count). The van der Waals surface area contributed by atoms with Gasteiger partial charge in [-0.3, -0.25) is 4.79 Å². The van der Waals surface area contributed by atoms with E-state index in [-0.39, 0.29) is 5.78 Å². The third-order valence-electron chi connectivity index (χ3n) is 5.08. The quantitative estimate of drug-likeness (QED) is 0.515. The number of fused-ring (bicyclic) bond motifs is 1. The van der Waals surface area contributed by atoms with Crippen LogP contribution in [0.5, 0.6) is 5.75 Å². The minimum Gasteiger partial charge on any atom is -0.497 e. The zero-order valence-electron chi connectivity index (χ0n) is 16.4. The first-order valence-electron chi connectivity index (χ1n) is 9.25. The zero-order valence-corrected chi connectivity index (χ0v) is 16.4. The number of imidazole rings is 1. The summed E-state index contributed by atoms with van der Waals surface area (Å²) in [5.74, 6) is -0.166. The van der Waals surface area contributed by atoms with Gasteiger partial charge in [-0.15, -0.1) is 0 Å². The highest BCUT2D eigenvalue weighted by atomic mass is 16.5. The highest BCUT2D eigenvalue weighted by Crippen LogP contribution is 2.28. The van der Waals surface area contributed by atoms with Crippen LogP contribution < -0.4 is 4.74 Å². The summed E-state index contributed by atoms with van der Waals surface area (Å²) in [6.45, 7) is 3.82. The maximum absolute atomic E-state index is 13.3. The molecule has 144 valence electrons. The molecule has 2 aromatic carbocycles. The topological polar surface area (TPSA) is 83.7 Å². The van der Waals surface area contributed by atoms with Crippen molar-refractivity contribution in [3.63, 3.8) is 0 Å². The van der Waals surface area contributed by atoms with Gasteiger partial charge in [0.1, 0.15) is 11.6 Å². The van der Waals surface area contributed by atoms with Crippen LogP contribution in [-0.2, 0) is 0 Å². The van der Waals surface area contributed by atoms with Crippen molar-refractivity contribution in [1.82, 2.24) is 14.5 Å². The Kier molecular flexibility index (Phi) is 4.65. The first-order chi connectivity index (χ1) is 14.0. The summed E-state index contributed by atoms with van der Waals surface area (Å²) >= 11 is 0. The maximum Gasteiger partial charge on any atom is 0.189 e. The number of nitrogens with zero attached hydrogens (tertiary/aromatic N) is 3. The van der Waals surface area contributed by atoms with E-state index in [4.69, 9.17) is 4.74 Å². The Labute approximate surface area is 168 Å². The van der Waals surface area contributed by atoms with Crippen molar-refractivity contribution in [2.45, 2.75) is 19.8 Å². The van der Waals surface area contributed by atoms with Crippen LogP contribution in [-0.4, -0.2) is 27.4 Å². The lowest BCUT2D eigenvalue weighted by Crippen LogP contribution is -2.14. The van der Waals surface area contributed by atoms with Crippen LogP contribution in [0.25, 0.3) is 16.7 Å². The second kappa shape index (κ2) is 7.28. The second-order valence-corrected chi connectivity index (χ2v) is 6.89. The standard InChI is InChI=1S/C23H20N4O2/c1-14-11-18(15(2)27(14)16-7-6-8-17(12-16)29-3)22(28)19(13-24)23-25-20-9-4-5-10-21(20)26-23/h4-12,19H,1-3H3,(H,25,26). The van der Waals surface area contributed by atoms with Gasteiger partial charge in [0.2, 0.25) is 0 Å². The summed E-state index contributed by atoms with van der Waals surface area (Å²) in [7, 11) is 1.62. The molecular formula is C23H20N4O2. The number of ether oxygens (including phenoxy) is 1. The first-order valence-corrected chi connectivity index (χ1v) is 9.25. The molecular weight excluding hydrogens is 364 g/mol. The molecule has 6 heteroatoms. The predicted octanol–water partition coefficient (Wildman–Crippen LogP) is 4.47. The van der Waals surface area contributed by atoms with E-state index in [1.807, 2.05) is 73.0 Å². The fourth-order valence-corrected chi connectivity index (χ4v) is 3.67. The molecule has 2 aromatic heterocycles. The largest absolute Gasteiger partial charge is 0.497 e. The Morgan fingerprint density at radius 3 is 2.69 bits per heavy atom. The predicted molar refractivity (Wildman–Crippen MR) is 111 cm³/mol.